The first kappa shape index (κ1) is 91.1. The van der Waals surface area contributed by atoms with Crippen molar-refractivity contribution < 1.29 is 80.2 Å². The second-order valence-corrected chi connectivity index (χ2v) is 30.1. The number of unbranched alkanes of at least 4 members (excludes halogenated alkanes) is 46. The highest BCUT2D eigenvalue weighted by Gasteiger charge is 2.30. The summed E-state index contributed by atoms with van der Waals surface area (Å²) in [6, 6.07) is 0. The van der Waals surface area contributed by atoms with Crippen molar-refractivity contribution in [3.8, 4) is 0 Å². The number of phosphoric acid groups is 2. The Hall–Kier alpha value is -1.94. The first-order valence-corrected chi connectivity index (χ1v) is 41.6. The van der Waals surface area contributed by atoms with E-state index in [-0.39, 0.29) is 25.7 Å². The molecule has 0 aromatic rings. The molecule has 3 N–H and O–H groups in total. The fraction of sp³-hybridized carbons (Fsp3) is 0.946. The Bertz CT molecular complexity index is 1790. The summed E-state index contributed by atoms with van der Waals surface area (Å²) in [6.45, 7) is 7.28. The maximum absolute atomic E-state index is 13.1. The van der Waals surface area contributed by atoms with Crippen LogP contribution in [0, 0.1) is 5.92 Å². The number of carbonyl (C=O) groups excluding carboxylic acids is 4. The van der Waals surface area contributed by atoms with Gasteiger partial charge in [0.2, 0.25) is 0 Å². The lowest BCUT2D eigenvalue weighted by Gasteiger charge is -2.21. The summed E-state index contributed by atoms with van der Waals surface area (Å²) in [5.74, 6) is -1.34. The molecule has 0 aliphatic rings. The van der Waals surface area contributed by atoms with Gasteiger partial charge in [0.1, 0.15) is 19.3 Å². The minimum absolute atomic E-state index is 0.108. The van der Waals surface area contributed by atoms with Crippen LogP contribution < -0.4 is 0 Å². The van der Waals surface area contributed by atoms with Gasteiger partial charge in [-0.15, -0.1) is 0 Å². The third-order valence-electron chi connectivity index (χ3n) is 17.3. The van der Waals surface area contributed by atoms with Crippen LogP contribution in [0.4, 0.5) is 0 Å². The van der Waals surface area contributed by atoms with Crippen LogP contribution in [0.5, 0.6) is 0 Å². The Morgan fingerprint density at radius 2 is 0.495 bits per heavy atom. The minimum atomic E-state index is -4.95. The number of hydrogen-bond donors (Lipinski definition) is 3. The van der Waals surface area contributed by atoms with E-state index in [0.29, 0.717) is 25.7 Å². The first-order chi connectivity index (χ1) is 45.0. The van der Waals surface area contributed by atoms with Crippen LogP contribution in [0.2, 0.25) is 0 Å². The number of rotatable bonds is 74. The van der Waals surface area contributed by atoms with Crippen LogP contribution in [0.3, 0.4) is 0 Å². The van der Waals surface area contributed by atoms with Gasteiger partial charge in [0.05, 0.1) is 26.4 Å². The van der Waals surface area contributed by atoms with Crippen molar-refractivity contribution in [2.24, 2.45) is 5.92 Å². The smallest absolute Gasteiger partial charge is 0.462 e. The molecule has 2 unspecified atom stereocenters. The van der Waals surface area contributed by atoms with Crippen molar-refractivity contribution in [2.45, 2.75) is 406 Å². The minimum Gasteiger partial charge on any atom is -0.462 e. The molecule has 0 bridgehead atoms. The van der Waals surface area contributed by atoms with Crippen LogP contribution in [0.15, 0.2) is 0 Å². The van der Waals surface area contributed by atoms with E-state index in [4.69, 9.17) is 37.0 Å². The number of aliphatic hydroxyl groups is 1. The second-order valence-electron chi connectivity index (χ2n) is 27.2. The number of esters is 4. The monoisotopic (exact) mass is 1370 g/mol. The van der Waals surface area contributed by atoms with Crippen LogP contribution in [-0.4, -0.2) is 96.7 Å². The highest BCUT2D eigenvalue weighted by atomic mass is 31.2. The predicted molar refractivity (Wildman–Crippen MR) is 377 cm³/mol. The Balaban J connectivity index is 5.24. The molecule has 0 fully saturated rings. The highest BCUT2D eigenvalue weighted by molar-refractivity contribution is 7.47. The Kier molecular flexibility index (Phi) is 65.9. The van der Waals surface area contributed by atoms with Gasteiger partial charge < -0.3 is 33.8 Å². The van der Waals surface area contributed by atoms with Gasteiger partial charge in [-0.25, -0.2) is 9.13 Å². The molecule has 0 spiro atoms. The largest absolute Gasteiger partial charge is 0.472 e. The third-order valence-corrected chi connectivity index (χ3v) is 19.2. The van der Waals surface area contributed by atoms with Crippen molar-refractivity contribution >= 4 is 39.5 Å². The van der Waals surface area contributed by atoms with E-state index < -0.39 is 97.5 Å². The Morgan fingerprint density at radius 1 is 0.290 bits per heavy atom. The zero-order valence-electron chi connectivity index (χ0n) is 60.4. The van der Waals surface area contributed by atoms with Gasteiger partial charge in [-0.05, 0) is 31.6 Å². The quantitative estimate of drug-likeness (QED) is 0.0222. The second kappa shape index (κ2) is 67.3. The summed E-state index contributed by atoms with van der Waals surface area (Å²) in [5, 5.41) is 10.6. The third kappa shape index (κ3) is 68.4. The van der Waals surface area contributed by atoms with Crippen molar-refractivity contribution in [3.63, 3.8) is 0 Å². The molecule has 17 nitrogen and oxygen atoms in total. The van der Waals surface area contributed by atoms with Gasteiger partial charge in [-0.1, -0.05) is 336 Å². The molecule has 0 radical (unpaired) electrons. The van der Waals surface area contributed by atoms with Crippen molar-refractivity contribution in [1.82, 2.24) is 0 Å². The Labute approximate surface area is 568 Å². The highest BCUT2D eigenvalue weighted by Crippen LogP contribution is 2.45. The average Bonchev–Trinajstić information content (AvgIpc) is 3.75. The predicted octanol–water partition coefficient (Wildman–Crippen LogP) is 21.7. The maximum atomic E-state index is 13.1. The summed E-state index contributed by atoms with van der Waals surface area (Å²) in [5.41, 5.74) is 0. The molecule has 0 amide bonds. The number of ether oxygens (including phenoxy) is 4. The van der Waals surface area contributed by atoms with Crippen LogP contribution in [0.25, 0.3) is 0 Å². The topological polar surface area (TPSA) is 237 Å². The summed E-state index contributed by atoms with van der Waals surface area (Å²) in [6.07, 6.45) is 55.3. The standard InChI is InChI=1S/C74H144O17P2/c1-6-9-12-15-18-21-24-26-27-28-29-30-34-40-45-50-55-60-74(79)91-70(64-85-72(77)58-53-48-43-38-35-31-32-36-41-46-51-56-67(4)5)66-89-93(82,83)87-62-68(75)61-86-92(80,81)88-65-69(63-84-71(76)57-52-47-42-37-23-20-17-14-11-8-3)90-73(78)59-54-49-44-39-33-25-22-19-16-13-10-7-2/h67-70,75H,6-66H2,1-5H3,(H,80,81)(H,82,83)/t68-,69+,70+/m0/s1. The summed E-state index contributed by atoms with van der Waals surface area (Å²) in [7, 11) is -9.90. The lowest BCUT2D eigenvalue weighted by atomic mass is 10.0. The van der Waals surface area contributed by atoms with Crippen molar-refractivity contribution in [2.75, 3.05) is 39.6 Å². The molecule has 93 heavy (non-hydrogen) atoms. The molecule has 0 aromatic carbocycles. The van der Waals surface area contributed by atoms with Gasteiger partial charge >= 0.3 is 39.5 Å². The number of aliphatic hydroxyl groups excluding tert-OH is 1. The van der Waals surface area contributed by atoms with Crippen molar-refractivity contribution in [1.29, 1.82) is 0 Å². The van der Waals surface area contributed by atoms with E-state index >= 15 is 0 Å². The molecule has 5 atom stereocenters. The van der Waals surface area contributed by atoms with Gasteiger partial charge in [0.15, 0.2) is 12.2 Å². The molecule has 19 heteroatoms. The maximum Gasteiger partial charge on any atom is 0.472 e. The number of hydrogen-bond acceptors (Lipinski definition) is 15. The summed E-state index contributed by atoms with van der Waals surface area (Å²) in [4.78, 5) is 72.7. The number of carbonyl (C=O) groups is 4. The van der Waals surface area contributed by atoms with Crippen LogP contribution in [0.1, 0.15) is 388 Å². The molecule has 0 aliphatic carbocycles. The van der Waals surface area contributed by atoms with E-state index in [2.05, 4.69) is 34.6 Å². The van der Waals surface area contributed by atoms with Crippen LogP contribution in [-0.2, 0) is 65.4 Å². The zero-order chi connectivity index (χ0) is 68.4. The SMILES string of the molecule is CCCCCCCCCCCCCCCCCCCC(=O)O[C@H](COC(=O)CCCCCCCCCCCCCC(C)C)COP(=O)(O)OC[C@@H](O)COP(=O)(O)OC[C@@H](COC(=O)CCCCCCCCCCCC)OC(=O)CCCCCCCCCCCCCC. The lowest BCUT2D eigenvalue weighted by Crippen LogP contribution is -2.30. The molecular formula is C74H144O17P2. The first-order valence-electron chi connectivity index (χ1n) is 38.6. The van der Waals surface area contributed by atoms with E-state index in [9.17, 15) is 43.2 Å². The summed E-state index contributed by atoms with van der Waals surface area (Å²) < 4.78 is 68.4. The van der Waals surface area contributed by atoms with Crippen molar-refractivity contribution in [3.05, 3.63) is 0 Å². The fourth-order valence-electron chi connectivity index (χ4n) is 11.4. The van der Waals surface area contributed by atoms with Gasteiger partial charge in [0, 0.05) is 25.7 Å². The molecule has 0 rings (SSSR count). The molecule has 0 saturated carbocycles. The molecular weight excluding hydrogens is 1220 g/mol. The molecule has 0 saturated heterocycles. The van der Waals surface area contributed by atoms with E-state index in [1.54, 1.807) is 0 Å². The zero-order valence-corrected chi connectivity index (χ0v) is 62.2. The van der Waals surface area contributed by atoms with E-state index in [1.807, 2.05) is 0 Å². The lowest BCUT2D eigenvalue weighted by molar-refractivity contribution is -0.161. The normalized spacial score (nSPS) is 14.0. The fourth-order valence-corrected chi connectivity index (χ4v) is 12.9. The molecule has 0 aliphatic heterocycles. The van der Waals surface area contributed by atoms with Gasteiger partial charge in [-0.2, -0.15) is 0 Å². The van der Waals surface area contributed by atoms with Gasteiger partial charge in [0.25, 0.3) is 0 Å². The summed E-state index contributed by atoms with van der Waals surface area (Å²) >= 11 is 0. The number of phosphoric ester groups is 2. The molecule has 552 valence electrons. The van der Waals surface area contributed by atoms with Crippen LogP contribution >= 0.6 is 15.6 Å². The Morgan fingerprint density at radius 3 is 0.731 bits per heavy atom. The van der Waals surface area contributed by atoms with Gasteiger partial charge in [-0.3, -0.25) is 37.3 Å². The molecule has 0 aromatic heterocycles. The average molecular weight is 1370 g/mol. The molecule has 0 heterocycles. The van der Waals surface area contributed by atoms with E-state index in [1.165, 1.54) is 212 Å². The van der Waals surface area contributed by atoms with E-state index in [0.717, 1.165) is 95.8 Å².